The number of carbonyl (C=O) groups excluding carboxylic acids is 1. The van der Waals surface area contributed by atoms with E-state index in [9.17, 15) is 4.79 Å². The lowest BCUT2D eigenvalue weighted by atomic mass is 9.87. The second kappa shape index (κ2) is 4.32. The van der Waals surface area contributed by atoms with Crippen molar-refractivity contribution in [1.82, 2.24) is 4.90 Å². The molecule has 0 saturated carbocycles. The second-order valence-corrected chi connectivity index (χ2v) is 5.93. The van der Waals surface area contributed by atoms with Crippen molar-refractivity contribution in [3.8, 4) is 0 Å². The van der Waals surface area contributed by atoms with Crippen molar-refractivity contribution in [1.29, 1.82) is 0 Å². The van der Waals surface area contributed by atoms with Gasteiger partial charge in [0.05, 0.1) is 5.54 Å². The summed E-state index contributed by atoms with van der Waals surface area (Å²) in [5.41, 5.74) is 3.72. The van der Waals surface area contributed by atoms with Crippen LogP contribution in [0.4, 0.5) is 0 Å². The summed E-state index contributed by atoms with van der Waals surface area (Å²) in [6.45, 7) is 9.34. The molecule has 2 heterocycles. The van der Waals surface area contributed by atoms with E-state index in [2.05, 4.69) is 38.7 Å². The number of fused-ring (bicyclic) bond motifs is 1. The SMILES string of the molecule is CC(C)=CCC12CCCN1C(=O)C(=C(C)C)C2. The molecule has 2 heteroatoms. The van der Waals surface area contributed by atoms with Crippen LogP contribution >= 0.6 is 0 Å². The van der Waals surface area contributed by atoms with Gasteiger partial charge in [0.2, 0.25) is 5.91 Å². The highest BCUT2D eigenvalue weighted by Crippen LogP contribution is 2.45. The van der Waals surface area contributed by atoms with E-state index in [0.29, 0.717) is 5.91 Å². The van der Waals surface area contributed by atoms with E-state index in [1.54, 1.807) is 0 Å². The summed E-state index contributed by atoms with van der Waals surface area (Å²) < 4.78 is 0. The Morgan fingerprint density at radius 1 is 1.35 bits per heavy atom. The smallest absolute Gasteiger partial charge is 0.250 e. The van der Waals surface area contributed by atoms with Crippen LogP contribution in [0, 0.1) is 0 Å². The highest BCUT2D eigenvalue weighted by Gasteiger charge is 2.50. The minimum Gasteiger partial charge on any atom is -0.333 e. The van der Waals surface area contributed by atoms with Crippen molar-refractivity contribution in [2.24, 2.45) is 0 Å². The van der Waals surface area contributed by atoms with Crippen LogP contribution in [0.5, 0.6) is 0 Å². The Labute approximate surface area is 104 Å². The van der Waals surface area contributed by atoms with Crippen molar-refractivity contribution in [3.05, 3.63) is 22.8 Å². The molecule has 0 aliphatic carbocycles. The van der Waals surface area contributed by atoms with Crippen LogP contribution in [0.2, 0.25) is 0 Å². The Bertz CT molecular complexity index is 397. The van der Waals surface area contributed by atoms with Gasteiger partial charge in [0.15, 0.2) is 0 Å². The zero-order chi connectivity index (χ0) is 12.6. The number of nitrogens with zero attached hydrogens (tertiary/aromatic N) is 1. The van der Waals surface area contributed by atoms with Crippen LogP contribution in [0.15, 0.2) is 22.8 Å². The van der Waals surface area contributed by atoms with Gasteiger partial charge in [0, 0.05) is 18.5 Å². The average Bonchev–Trinajstić information content (AvgIpc) is 2.75. The fourth-order valence-electron chi connectivity index (χ4n) is 3.08. The van der Waals surface area contributed by atoms with Crippen LogP contribution in [-0.4, -0.2) is 22.9 Å². The van der Waals surface area contributed by atoms with Gasteiger partial charge in [-0.05, 0) is 47.0 Å². The van der Waals surface area contributed by atoms with E-state index in [1.807, 2.05) is 0 Å². The zero-order valence-corrected chi connectivity index (χ0v) is 11.5. The van der Waals surface area contributed by atoms with Crippen LogP contribution < -0.4 is 0 Å². The Hall–Kier alpha value is -1.05. The second-order valence-electron chi connectivity index (χ2n) is 5.93. The van der Waals surface area contributed by atoms with Crippen LogP contribution in [-0.2, 0) is 4.79 Å². The molecule has 2 saturated heterocycles. The van der Waals surface area contributed by atoms with Gasteiger partial charge in [-0.1, -0.05) is 17.2 Å². The largest absolute Gasteiger partial charge is 0.333 e. The third-order valence-corrected chi connectivity index (χ3v) is 4.10. The third-order valence-electron chi connectivity index (χ3n) is 4.10. The summed E-state index contributed by atoms with van der Waals surface area (Å²) in [6, 6.07) is 0. The van der Waals surface area contributed by atoms with E-state index >= 15 is 0 Å². The molecule has 1 unspecified atom stereocenters. The minimum absolute atomic E-state index is 0.112. The van der Waals surface area contributed by atoms with Crippen molar-refractivity contribution in [3.63, 3.8) is 0 Å². The van der Waals surface area contributed by atoms with Crippen molar-refractivity contribution >= 4 is 5.91 Å². The number of hydrogen-bond donors (Lipinski definition) is 0. The molecule has 17 heavy (non-hydrogen) atoms. The van der Waals surface area contributed by atoms with Gasteiger partial charge in [-0.3, -0.25) is 4.79 Å². The first-order valence-electron chi connectivity index (χ1n) is 6.58. The first-order valence-corrected chi connectivity index (χ1v) is 6.58. The monoisotopic (exact) mass is 233 g/mol. The Morgan fingerprint density at radius 3 is 2.65 bits per heavy atom. The van der Waals surface area contributed by atoms with E-state index in [4.69, 9.17) is 0 Å². The van der Waals surface area contributed by atoms with E-state index in [-0.39, 0.29) is 5.54 Å². The van der Waals surface area contributed by atoms with E-state index in [1.165, 1.54) is 24.0 Å². The van der Waals surface area contributed by atoms with Crippen LogP contribution in [0.1, 0.15) is 53.4 Å². The predicted octanol–water partition coefficient (Wildman–Crippen LogP) is 3.44. The lowest BCUT2D eigenvalue weighted by Crippen LogP contribution is -2.39. The van der Waals surface area contributed by atoms with E-state index in [0.717, 1.165) is 25.0 Å². The van der Waals surface area contributed by atoms with Crippen molar-refractivity contribution in [2.45, 2.75) is 58.9 Å². The Kier molecular flexibility index (Phi) is 3.15. The van der Waals surface area contributed by atoms with Gasteiger partial charge in [-0.15, -0.1) is 0 Å². The third kappa shape index (κ3) is 2.05. The molecule has 2 aliphatic rings. The molecule has 2 aliphatic heterocycles. The van der Waals surface area contributed by atoms with Gasteiger partial charge in [-0.25, -0.2) is 0 Å². The normalized spacial score (nSPS) is 27.4. The molecule has 0 radical (unpaired) electrons. The van der Waals surface area contributed by atoms with Gasteiger partial charge in [0.25, 0.3) is 0 Å². The van der Waals surface area contributed by atoms with Gasteiger partial charge >= 0.3 is 0 Å². The van der Waals surface area contributed by atoms with Crippen molar-refractivity contribution in [2.75, 3.05) is 6.54 Å². The van der Waals surface area contributed by atoms with Crippen LogP contribution in [0.25, 0.3) is 0 Å². The maximum atomic E-state index is 12.3. The molecule has 2 fully saturated rings. The molecule has 1 amide bonds. The summed E-state index contributed by atoms with van der Waals surface area (Å²) >= 11 is 0. The fraction of sp³-hybridized carbons (Fsp3) is 0.667. The predicted molar refractivity (Wildman–Crippen MR) is 70.7 cm³/mol. The average molecular weight is 233 g/mol. The highest BCUT2D eigenvalue weighted by atomic mass is 16.2. The quantitative estimate of drug-likeness (QED) is 0.528. The summed E-state index contributed by atoms with van der Waals surface area (Å²) in [5, 5.41) is 0. The summed E-state index contributed by atoms with van der Waals surface area (Å²) in [7, 11) is 0. The zero-order valence-electron chi connectivity index (χ0n) is 11.5. The number of allylic oxidation sites excluding steroid dienone is 2. The fourth-order valence-corrected chi connectivity index (χ4v) is 3.08. The summed E-state index contributed by atoms with van der Waals surface area (Å²) in [6.07, 6.45) is 6.60. The maximum Gasteiger partial charge on any atom is 0.250 e. The van der Waals surface area contributed by atoms with E-state index < -0.39 is 0 Å². The molecule has 2 nitrogen and oxygen atoms in total. The number of rotatable bonds is 2. The van der Waals surface area contributed by atoms with Gasteiger partial charge < -0.3 is 4.90 Å². The number of carbonyl (C=O) groups is 1. The maximum absolute atomic E-state index is 12.3. The van der Waals surface area contributed by atoms with Gasteiger partial charge in [-0.2, -0.15) is 0 Å². The number of amides is 1. The lowest BCUT2D eigenvalue weighted by molar-refractivity contribution is -0.127. The topological polar surface area (TPSA) is 20.3 Å². The number of hydrogen-bond acceptors (Lipinski definition) is 1. The first kappa shape index (κ1) is 12.4. The molecular weight excluding hydrogens is 210 g/mol. The van der Waals surface area contributed by atoms with Crippen LogP contribution in [0.3, 0.4) is 0 Å². The summed E-state index contributed by atoms with van der Waals surface area (Å²) in [4.78, 5) is 14.5. The molecule has 1 atom stereocenters. The highest BCUT2D eigenvalue weighted by molar-refractivity contribution is 5.97. The molecule has 0 spiro atoms. The standard InChI is InChI=1S/C15H23NO/c1-11(2)6-8-15-7-5-9-16(15)14(17)13(10-15)12(3)4/h6H,5,7-10H2,1-4H3. The summed E-state index contributed by atoms with van der Waals surface area (Å²) in [5.74, 6) is 0.296. The molecule has 0 aromatic rings. The first-order chi connectivity index (χ1) is 7.96. The molecule has 0 aromatic heterocycles. The Morgan fingerprint density at radius 2 is 2.06 bits per heavy atom. The Balaban J connectivity index is 2.30. The lowest BCUT2D eigenvalue weighted by Gasteiger charge is -2.30. The molecule has 94 valence electrons. The van der Waals surface area contributed by atoms with Crippen molar-refractivity contribution < 1.29 is 4.79 Å². The molecule has 0 N–H and O–H groups in total. The minimum atomic E-state index is 0.112. The molecule has 0 aromatic carbocycles. The van der Waals surface area contributed by atoms with Gasteiger partial charge in [0.1, 0.15) is 0 Å². The molecule has 0 bridgehead atoms. The molecule has 2 rings (SSSR count). The molecular formula is C15H23NO.